The monoisotopic (exact) mass is 325 g/mol. The van der Waals surface area contributed by atoms with Crippen molar-refractivity contribution < 1.29 is 9.90 Å². The highest BCUT2D eigenvalue weighted by Crippen LogP contribution is 2.19. The summed E-state index contributed by atoms with van der Waals surface area (Å²) in [6, 6.07) is 9.05. The second-order valence-corrected chi connectivity index (χ2v) is 5.75. The molecule has 94 valence electrons. The van der Waals surface area contributed by atoms with Crippen LogP contribution in [-0.2, 0) is 13.1 Å². The van der Waals surface area contributed by atoms with E-state index in [1.165, 1.54) is 4.88 Å². The van der Waals surface area contributed by atoms with E-state index >= 15 is 0 Å². The summed E-state index contributed by atoms with van der Waals surface area (Å²) in [5, 5.41) is 14.2. The van der Waals surface area contributed by atoms with Crippen LogP contribution in [0.1, 0.15) is 20.8 Å². The first-order valence-corrected chi connectivity index (χ1v) is 7.08. The normalized spacial score (nSPS) is 10.5. The number of aromatic carboxylic acids is 1. The SMILES string of the molecule is O=C(O)c1cccc(CNCc2cc(Br)cs2)c1. The first-order valence-electron chi connectivity index (χ1n) is 5.41. The molecule has 0 amide bonds. The Morgan fingerprint density at radius 3 is 2.83 bits per heavy atom. The zero-order valence-corrected chi connectivity index (χ0v) is 11.9. The maximum atomic E-state index is 10.8. The lowest BCUT2D eigenvalue weighted by Gasteiger charge is -2.04. The number of carbonyl (C=O) groups is 1. The van der Waals surface area contributed by atoms with Crippen LogP contribution in [0.15, 0.2) is 40.2 Å². The number of thiophene rings is 1. The summed E-state index contributed by atoms with van der Waals surface area (Å²) in [6.07, 6.45) is 0. The Bertz CT molecular complexity index is 553. The molecule has 1 aromatic heterocycles. The van der Waals surface area contributed by atoms with Gasteiger partial charge in [-0.15, -0.1) is 11.3 Å². The van der Waals surface area contributed by atoms with E-state index in [0.717, 1.165) is 16.6 Å². The number of carboxylic acids is 1. The predicted octanol–water partition coefficient (Wildman–Crippen LogP) is 3.50. The van der Waals surface area contributed by atoms with Gasteiger partial charge in [0.1, 0.15) is 0 Å². The fourth-order valence-electron chi connectivity index (χ4n) is 1.59. The molecule has 2 aromatic rings. The lowest BCUT2D eigenvalue weighted by atomic mass is 10.1. The van der Waals surface area contributed by atoms with E-state index in [0.29, 0.717) is 12.1 Å². The highest BCUT2D eigenvalue weighted by molar-refractivity contribution is 9.10. The quantitative estimate of drug-likeness (QED) is 0.884. The van der Waals surface area contributed by atoms with E-state index in [1.807, 2.05) is 11.4 Å². The molecule has 0 fully saturated rings. The molecule has 5 heteroatoms. The van der Waals surface area contributed by atoms with Gasteiger partial charge in [0, 0.05) is 27.8 Å². The van der Waals surface area contributed by atoms with Crippen molar-refractivity contribution in [3.05, 3.63) is 56.2 Å². The van der Waals surface area contributed by atoms with Gasteiger partial charge in [0.15, 0.2) is 0 Å². The van der Waals surface area contributed by atoms with Crippen molar-refractivity contribution in [2.45, 2.75) is 13.1 Å². The summed E-state index contributed by atoms with van der Waals surface area (Å²) in [6.45, 7) is 1.45. The third-order valence-corrected chi connectivity index (χ3v) is 4.12. The summed E-state index contributed by atoms with van der Waals surface area (Å²) in [4.78, 5) is 12.1. The number of hydrogen-bond donors (Lipinski definition) is 2. The van der Waals surface area contributed by atoms with E-state index in [-0.39, 0.29) is 0 Å². The molecular weight excluding hydrogens is 314 g/mol. The number of benzene rings is 1. The van der Waals surface area contributed by atoms with Crippen LogP contribution in [0, 0.1) is 0 Å². The maximum Gasteiger partial charge on any atom is 0.335 e. The van der Waals surface area contributed by atoms with Crippen molar-refractivity contribution in [2.75, 3.05) is 0 Å². The Kier molecular flexibility index (Phi) is 4.52. The average molecular weight is 326 g/mol. The van der Waals surface area contributed by atoms with Crippen molar-refractivity contribution in [3.63, 3.8) is 0 Å². The van der Waals surface area contributed by atoms with Crippen LogP contribution in [0.25, 0.3) is 0 Å². The highest BCUT2D eigenvalue weighted by atomic mass is 79.9. The van der Waals surface area contributed by atoms with Crippen molar-refractivity contribution >= 4 is 33.2 Å². The first-order chi connectivity index (χ1) is 8.65. The van der Waals surface area contributed by atoms with Gasteiger partial charge in [-0.2, -0.15) is 0 Å². The van der Waals surface area contributed by atoms with Gasteiger partial charge in [0.2, 0.25) is 0 Å². The van der Waals surface area contributed by atoms with Gasteiger partial charge in [-0.3, -0.25) is 0 Å². The highest BCUT2D eigenvalue weighted by Gasteiger charge is 2.03. The first kappa shape index (κ1) is 13.3. The third-order valence-electron chi connectivity index (χ3n) is 2.42. The molecular formula is C13H12BrNO2S. The van der Waals surface area contributed by atoms with Crippen LogP contribution in [0.3, 0.4) is 0 Å². The Morgan fingerprint density at radius 1 is 1.33 bits per heavy atom. The van der Waals surface area contributed by atoms with E-state index in [9.17, 15) is 4.79 Å². The zero-order chi connectivity index (χ0) is 13.0. The molecule has 0 spiro atoms. The lowest BCUT2D eigenvalue weighted by Crippen LogP contribution is -2.12. The van der Waals surface area contributed by atoms with Crippen LogP contribution in [0.4, 0.5) is 0 Å². The second-order valence-electron chi connectivity index (χ2n) is 3.84. The van der Waals surface area contributed by atoms with Crippen LogP contribution < -0.4 is 5.32 Å². The fraction of sp³-hybridized carbons (Fsp3) is 0.154. The predicted molar refractivity (Wildman–Crippen MR) is 76.0 cm³/mol. The molecule has 0 unspecified atom stereocenters. The number of carboxylic acid groups (broad SMARTS) is 1. The smallest absolute Gasteiger partial charge is 0.335 e. The Balaban J connectivity index is 1.90. The van der Waals surface area contributed by atoms with Crippen LogP contribution in [-0.4, -0.2) is 11.1 Å². The molecule has 0 saturated carbocycles. The van der Waals surface area contributed by atoms with Crippen molar-refractivity contribution in [2.24, 2.45) is 0 Å². The van der Waals surface area contributed by atoms with E-state index in [2.05, 4.69) is 27.3 Å². The number of halogens is 1. The topological polar surface area (TPSA) is 49.3 Å². The zero-order valence-electron chi connectivity index (χ0n) is 9.52. The molecule has 0 bridgehead atoms. The molecule has 0 saturated heterocycles. The molecule has 0 aliphatic rings. The second kappa shape index (κ2) is 6.13. The summed E-state index contributed by atoms with van der Waals surface area (Å²) in [5.41, 5.74) is 1.30. The molecule has 1 aromatic carbocycles. The summed E-state index contributed by atoms with van der Waals surface area (Å²) in [7, 11) is 0. The van der Waals surface area contributed by atoms with Gasteiger partial charge in [0.05, 0.1) is 5.56 Å². The molecule has 0 radical (unpaired) electrons. The summed E-state index contributed by atoms with van der Waals surface area (Å²) in [5.74, 6) is -0.890. The number of rotatable bonds is 5. The fourth-order valence-corrected chi connectivity index (χ4v) is 3.01. The minimum absolute atomic E-state index is 0.327. The van der Waals surface area contributed by atoms with Gasteiger partial charge in [-0.1, -0.05) is 12.1 Å². The van der Waals surface area contributed by atoms with Crippen molar-refractivity contribution in [1.29, 1.82) is 0 Å². The summed E-state index contributed by atoms with van der Waals surface area (Å²) < 4.78 is 1.09. The molecule has 1 heterocycles. The number of nitrogens with one attached hydrogen (secondary N) is 1. The minimum Gasteiger partial charge on any atom is -0.478 e. The van der Waals surface area contributed by atoms with Crippen molar-refractivity contribution in [1.82, 2.24) is 5.32 Å². The molecule has 2 N–H and O–H groups in total. The van der Waals surface area contributed by atoms with Crippen LogP contribution in [0.5, 0.6) is 0 Å². The van der Waals surface area contributed by atoms with Gasteiger partial charge in [0.25, 0.3) is 0 Å². The van der Waals surface area contributed by atoms with Crippen LogP contribution >= 0.6 is 27.3 Å². The largest absolute Gasteiger partial charge is 0.478 e. The molecule has 0 atom stereocenters. The Labute approximate surface area is 118 Å². The van der Waals surface area contributed by atoms with Crippen LogP contribution in [0.2, 0.25) is 0 Å². The minimum atomic E-state index is -0.890. The standard InChI is InChI=1S/C13H12BrNO2S/c14-11-5-12(18-8-11)7-15-6-9-2-1-3-10(4-9)13(16)17/h1-5,8,15H,6-7H2,(H,16,17). The molecule has 0 aliphatic carbocycles. The third kappa shape index (κ3) is 3.66. The Morgan fingerprint density at radius 2 is 2.17 bits per heavy atom. The Hall–Kier alpha value is -1.17. The van der Waals surface area contributed by atoms with Gasteiger partial charge in [-0.05, 0) is 39.7 Å². The molecule has 2 rings (SSSR count). The molecule has 3 nitrogen and oxygen atoms in total. The van der Waals surface area contributed by atoms with Gasteiger partial charge < -0.3 is 10.4 Å². The van der Waals surface area contributed by atoms with Gasteiger partial charge in [-0.25, -0.2) is 4.79 Å². The van der Waals surface area contributed by atoms with Gasteiger partial charge >= 0.3 is 5.97 Å². The lowest BCUT2D eigenvalue weighted by molar-refractivity contribution is 0.0696. The molecule has 0 aliphatic heterocycles. The van der Waals surface area contributed by atoms with E-state index < -0.39 is 5.97 Å². The maximum absolute atomic E-state index is 10.8. The van der Waals surface area contributed by atoms with Crippen molar-refractivity contribution in [3.8, 4) is 0 Å². The molecule has 18 heavy (non-hydrogen) atoms. The number of hydrogen-bond acceptors (Lipinski definition) is 3. The summed E-state index contributed by atoms with van der Waals surface area (Å²) >= 11 is 5.10. The van der Waals surface area contributed by atoms with E-state index in [1.54, 1.807) is 29.5 Å². The van der Waals surface area contributed by atoms with E-state index in [4.69, 9.17) is 5.11 Å². The average Bonchev–Trinajstić information content (AvgIpc) is 2.75.